The molecule has 104 valence electrons. The Morgan fingerprint density at radius 2 is 2.11 bits per heavy atom. The second kappa shape index (κ2) is 6.04. The van der Waals surface area contributed by atoms with E-state index in [4.69, 9.17) is 0 Å². The van der Waals surface area contributed by atoms with Crippen LogP contribution in [0.1, 0.15) is 38.7 Å². The lowest BCUT2D eigenvalue weighted by Gasteiger charge is -2.34. The predicted molar refractivity (Wildman–Crippen MR) is 77.4 cm³/mol. The number of nitrogens with zero attached hydrogens (tertiary/aromatic N) is 3. The van der Waals surface area contributed by atoms with Crippen molar-refractivity contribution in [1.29, 1.82) is 0 Å². The second-order valence-electron chi connectivity index (χ2n) is 5.15. The molecule has 1 amide bonds. The maximum absolute atomic E-state index is 11.9. The first-order valence-electron chi connectivity index (χ1n) is 7.14. The van der Waals surface area contributed by atoms with E-state index in [1.54, 1.807) is 0 Å². The Morgan fingerprint density at radius 3 is 2.63 bits per heavy atom. The summed E-state index contributed by atoms with van der Waals surface area (Å²) in [6.07, 6.45) is 3.06. The van der Waals surface area contributed by atoms with Crippen LogP contribution in [0.2, 0.25) is 0 Å². The molecule has 1 atom stereocenters. The van der Waals surface area contributed by atoms with Gasteiger partial charge in [-0.05, 0) is 30.9 Å². The van der Waals surface area contributed by atoms with Crippen molar-refractivity contribution in [2.24, 2.45) is 0 Å². The van der Waals surface area contributed by atoms with Crippen LogP contribution in [0.4, 0.5) is 5.82 Å². The molecule has 1 fully saturated rings. The molecule has 2 rings (SSSR count). The van der Waals surface area contributed by atoms with Crippen molar-refractivity contribution in [3.05, 3.63) is 23.9 Å². The van der Waals surface area contributed by atoms with Crippen LogP contribution in [0, 0.1) is 0 Å². The Labute approximate surface area is 115 Å². The maximum atomic E-state index is 11.9. The van der Waals surface area contributed by atoms with Crippen LogP contribution in [-0.4, -0.2) is 42.0 Å². The molecule has 1 saturated heterocycles. The van der Waals surface area contributed by atoms with Gasteiger partial charge < -0.3 is 9.80 Å². The molecular weight excluding hydrogens is 238 g/mol. The average Bonchev–Trinajstić information content (AvgIpc) is 2.46. The quantitative estimate of drug-likeness (QED) is 0.834. The zero-order valence-corrected chi connectivity index (χ0v) is 12.1. The third kappa shape index (κ3) is 3.06. The molecule has 4 heteroatoms. The van der Waals surface area contributed by atoms with Crippen LogP contribution in [0.5, 0.6) is 0 Å². The fourth-order valence-electron chi connectivity index (χ4n) is 2.35. The van der Waals surface area contributed by atoms with E-state index in [2.05, 4.69) is 29.8 Å². The predicted octanol–water partition coefficient (Wildman–Crippen LogP) is 2.26. The van der Waals surface area contributed by atoms with E-state index < -0.39 is 0 Å². The van der Waals surface area contributed by atoms with Gasteiger partial charge in [0.05, 0.1) is 6.54 Å². The van der Waals surface area contributed by atoms with Crippen molar-refractivity contribution >= 4 is 11.7 Å². The molecule has 0 N–H and O–H groups in total. The lowest BCUT2D eigenvalue weighted by Crippen LogP contribution is -2.50. The highest BCUT2D eigenvalue weighted by molar-refractivity contribution is 5.82. The first-order chi connectivity index (χ1) is 9.15. The van der Waals surface area contributed by atoms with Gasteiger partial charge in [-0.15, -0.1) is 0 Å². The van der Waals surface area contributed by atoms with Gasteiger partial charge in [-0.25, -0.2) is 4.98 Å². The molecule has 0 aliphatic carbocycles. The van der Waals surface area contributed by atoms with Gasteiger partial charge in [-0.2, -0.15) is 0 Å². The summed E-state index contributed by atoms with van der Waals surface area (Å²) in [5.74, 6) is 1.65. The van der Waals surface area contributed by atoms with Gasteiger partial charge in [0.15, 0.2) is 0 Å². The van der Waals surface area contributed by atoms with E-state index in [0.717, 1.165) is 31.9 Å². The number of piperazine rings is 1. The number of aromatic nitrogens is 1. The molecule has 2 heterocycles. The largest absolute Gasteiger partial charge is 0.346 e. The molecule has 0 radical (unpaired) electrons. The van der Waals surface area contributed by atoms with Gasteiger partial charge in [0.2, 0.25) is 5.91 Å². The van der Waals surface area contributed by atoms with Gasteiger partial charge in [-0.3, -0.25) is 4.79 Å². The SMILES string of the molecule is CCC(C)c1ccc(N2CCN(CC)C(=O)C2)nc1. The topological polar surface area (TPSA) is 36.4 Å². The van der Waals surface area contributed by atoms with Crippen molar-refractivity contribution < 1.29 is 4.79 Å². The lowest BCUT2D eigenvalue weighted by atomic mass is 10.0. The molecule has 19 heavy (non-hydrogen) atoms. The van der Waals surface area contributed by atoms with Crippen LogP contribution < -0.4 is 4.90 Å². The third-order valence-corrected chi connectivity index (χ3v) is 3.98. The first kappa shape index (κ1) is 13.8. The highest BCUT2D eigenvalue weighted by Gasteiger charge is 2.23. The Bertz CT molecular complexity index is 430. The number of likely N-dealkylation sites (N-methyl/N-ethyl adjacent to an activating group) is 1. The Morgan fingerprint density at radius 1 is 1.32 bits per heavy atom. The minimum Gasteiger partial charge on any atom is -0.346 e. The molecule has 4 nitrogen and oxygen atoms in total. The van der Waals surface area contributed by atoms with Gasteiger partial charge in [0.1, 0.15) is 5.82 Å². The van der Waals surface area contributed by atoms with E-state index in [1.807, 2.05) is 24.1 Å². The van der Waals surface area contributed by atoms with Crippen LogP contribution >= 0.6 is 0 Å². The van der Waals surface area contributed by atoms with E-state index in [1.165, 1.54) is 5.56 Å². The molecule has 0 bridgehead atoms. The zero-order chi connectivity index (χ0) is 13.8. The normalized spacial score (nSPS) is 17.7. The second-order valence-corrected chi connectivity index (χ2v) is 5.15. The molecule has 1 unspecified atom stereocenters. The summed E-state index contributed by atoms with van der Waals surface area (Å²) in [5, 5.41) is 0. The molecule has 1 aliphatic rings. The smallest absolute Gasteiger partial charge is 0.242 e. The summed E-state index contributed by atoms with van der Waals surface area (Å²) < 4.78 is 0. The fourth-order valence-corrected chi connectivity index (χ4v) is 2.35. The van der Waals surface area contributed by atoms with E-state index in [9.17, 15) is 4.79 Å². The number of carbonyl (C=O) groups is 1. The molecule has 0 spiro atoms. The Hall–Kier alpha value is -1.58. The highest BCUT2D eigenvalue weighted by Crippen LogP contribution is 2.20. The monoisotopic (exact) mass is 261 g/mol. The summed E-state index contributed by atoms with van der Waals surface area (Å²) in [6.45, 7) is 9.32. The Kier molecular flexibility index (Phi) is 4.40. The van der Waals surface area contributed by atoms with Crippen molar-refractivity contribution in [2.75, 3.05) is 31.1 Å². The van der Waals surface area contributed by atoms with Crippen LogP contribution in [0.3, 0.4) is 0 Å². The summed E-state index contributed by atoms with van der Waals surface area (Å²) in [5.41, 5.74) is 1.27. The third-order valence-electron chi connectivity index (χ3n) is 3.98. The van der Waals surface area contributed by atoms with Gasteiger partial charge in [0.25, 0.3) is 0 Å². The number of carbonyl (C=O) groups excluding carboxylic acids is 1. The minimum atomic E-state index is 0.196. The standard InChI is InChI=1S/C15H23N3O/c1-4-12(3)13-6-7-14(16-10-13)18-9-8-17(5-2)15(19)11-18/h6-7,10,12H,4-5,8-9,11H2,1-3H3. The number of anilines is 1. The van der Waals surface area contributed by atoms with Crippen molar-refractivity contribution in [3.8, 4) is 0 Å². The summed E-state index contributed by atoms with van der Waals surface area (Å²) in [4.78, 5) is 20.4. The highest BCUT2D eigenvalue weighted by atomic mass is 16.2. The number of rotatable bonds is 4. The fraction of sp³-hybridized carbons (Fsp3) is 0.600. The average molecular weight is 261 g/mol. The molecule has 1 aliphatic heterocycles. The van der Waals surface area contributed by atoms with Crippen LogP contribution in [0.25, 0.3) is 0 Å². The molecule has 0 aromatic carbocycles. The van der Waals surface area contributed by atoms with Gasteiger partial charge in [0, 0.05) is 25.8 Å². The van der Waals surface area contributed by atoms with Crippen LogP contribution in [-0.2, 0) is 4.79 Å². The number of pyridine rings is 1. The summed E-state index contributed by atoms with van der Waals surface area (Å²) >= 11 is 0. The van der Waals surface area contributed by atoms with Crippen molar-refractivity contribution in [1.82, 2.24) is 9.88 Å². The first-order valence-corrected chi connectivity index (χ1v) is 7.14. The number of hydrogen-bond donors (Lipinski definition) is 0. The van der Waals surface area contributed by atoms with Gasteiger partial charge in [-0.1, -0.05) is 19.9 Å². The number of hydrogen-bond acceptors (Lipinski definition) is 3. The molecule has 0 saturated carbocycles. The Balaban J connectivity index is 2.05. The molecule has 1 aromatic heterocycles. The molecule has 1 aromatic rings. The number of amides is 1. The van der Waals surface area contributed by atoms with Crippen molar-refractivity contribution in [2.45, 2.75) is 33.1 Å². The lowest BCUT2D eigenvalue weighted by molar-refractivity contribution is -0.130. The minimum absolute atomic E-state index is 0.196. The van der Waals surface area contributed by atoms with Gasteiger partial charge >= 0.3 is 0 Å². The summed E-state index contributed by atoms with van der Waals surface area (Å²) in [7, 11) is 0. The van der Waals surface area contributed by atoms with E-state index in [-0.39, 0.29) is 5.91 Å². The zero-order valence-electron chi connectivity index (χ0n) is 12.1. The maximum Gasteiger partial charge on any atom is 0.242 e. The summed E-state index contributed by atoms with van der Waals surface area (Å²) in [6, 6.07) is 4.17. The van der Waals surface area contributed by atoms with E-state index >= 15 is 0 Å². The van der Waals surface area contributed by atoms with Crippen LogP contribution in [0.15, 0.2) is 18.3 Å². The van der Waals surface area contributed by atoms with Crippen molar-refractivity contribution in [3.63, 3.8) is 0 Å². The molecular formula is C15H23N3O. The van der Waals surface area contributed by atoms with E-state index in [0.29, 0.717) is 12.5 Å².